The van der Waals surface area contributed by atoms with E-state index < -0.39 is 18.5 Å². The van der Waals surface area contributed by atoms with Crippen molar-refractivity contribution in [3.05, 3.63) is 23.9 Å². The van der Waals surface area contributed by atoms with E-state index in [0.717, 1.165) is 18.9 Å². The number of nitrogens with zero attached hydrogens (tertiary/aromatic N) is 2. The van der Waals surface area contributed by atoms with Crippen molar-refractivity contribution < 1.29 is 22.7 Å². The zero-order valence-electron chi connectivity index (χ0n) is 11.3. The van der Waals surface area contributed by atoms with Crippen LogP contribution in [0.1, 0.15) is 12.0 Å². The lowest BCUT2D eigenvalue weighted by atomic mass is 10.2. The van der Waals surface area contributed by atoms with Crippen molar-refractivity contribution in [2.75, 3.05) is 31.2 Å². The lowest BCUT2D eigenvalue weighted by Gasteiger charge is -2.27. The van der Waals surface area contributed by atoms with E-state index in [1.807, 2.05) is 0 Å². The molecule has 2 heterocycles. The number of amides is 1. The molecule has 1 saturated heterocycles. The van der Waals surface area contributed by atoms with Gasteiger partial charge in [-0.05, 0) is 11.6 Å². The topological polar surface area (TPSA) is 54.5 Å². The smallest absolute Gasteiger partial charge is 0.378 e. The highest BCUT2D eigenvalue weighted by molar-refractivity contribution is 5.76. The summed E-state index contributed by atoms with van der Waals surface area (Å²) in [5.41, 5.74) is 0.655. The minimum atomic E-state index is -4.48. The molecular formula is C13H16F3N3O2. The van der Waals surface area contributed by atoms with Crippen LogP contribution in [0.5, 0.6) is 0 Å². The zero-order chi connectivity index (χ0) is 15.3. The number of pyridine rings is 1. The summed E-state index contributed by atoms with van der Waals surface area (Å²) >= 11 is 0. The summed E-state index contributed by atoms with van der Waals surface area (Å²) < 4.78 is 41.2. The minimum absolute atomic E-state index is 0.0330. The highest BCUT2D eigenvalue weighted by atomic mass is 19.4. The SMILES string of the molecule is O=C(CC(F)(F)F)NCc1ccc(N2CCOCC2)nc1. The van der Waals surface area contributed by atoms with Crippen molar-refractivity contribution in [3.8, 4) is 0 Å². The van der Waals surface area contributed by atoms with Gasteiger partial charge < -0.3 is 15.0 Å². The first-order valence-electron chi connectivity index (χ1n) is 6.55. The molecular weight excluding hydrogens is 287 g/mol. The Bertz CT molecular complexity index is 471. The molecule has 1 N–H and O–H groups in total. The normalized spacial score (nSPS) is 15.9. The maximum absolute atomic E-state index is 12.0. The molecule has 116 valence electrons. The molecule has 1 aromatic heterocycles. The molecule has 0 spiro atoms. The van der Waals surface area contributed by atoms with Crippen LogP contribution in [0.15, 0.2) is 18.3 Å². The summed E-state index contributed by atoms with van der Waals surface area (Å²) in [5, 5.41) is 2.22. The second-order valence-electron chi connectivity index (χ2n) is 4.69. The number of aromatic nitrogens is 1. The van der Waals surface area contributed by atoms with Crippen LogP contribution in [-0.4, -0.2) is 43.4 Å². The van der Waals surface area contributed by atoms with Gasteiger partial charge >= 0.3 is 6.18 Å². The van der Waals surface area contributed by atoms with Gasteiger partial charge in [0.25, 0.3) is 0 Å². The first kappa shape index (κ1) is 15.6. The second-order valence-corrected chi connectivity index (χ2v) is 4.69. The summed E-state index contributed by atoms with van der Waals surface area (Å²) in [5.74, 6) is -0.247. The average molecular weight is 303 g/mol. The van der Waals surface area contributed by atoms with Gasteiger partial charge in [0.15, 0.2) is 0 Å². The van der Waals surface area contributed by atoms with Crippen LogP contribution in [-0.2, 0) is 16.1 Å². The van der Waals surface area contributed by atoms with Gasteiger partial charge in [0, 0.05) is 25.8 Å². The summed E-state index contributed by atoms with van der Waals surface area (Å²) in [6, 6.07) is 3.53. The molecule has 1 fully saturated rings. The van der Waals surface area contributed by atoms with Gasteiger partial charge in [-0.25, -0.2) is 4.98 Å². The number of hydrogen-bond acceptors (Lipinski definition) is 4. The summed E-state index contributed by atoms with van der Waals surface area (Å²) in [4.78, 5) is 17.4. The van der Waals surface area contributed by atoms with E-state index in [9.17, 15) is 18.0 Å². The van der Waals surface area contributed by atoms with E-state index in [1.54, 1.807) is 18.3 Å². The minimum Gasteiger partial charge on any atom is -0.378 e. The maximum atomic E-state index is 12.0. The largest absolute Gasteiger partial charge is 0.397 e. The summed E-state index contributed by atoms with van der Waals surface area (Å²) in [6.45, 7) is 2.85. The van der Waals surface area contributed by atoms with E-state index in [-0.39, 0.29) is 6.54 Å². The first-order valence-corrected chi connectivity index (χ1v) is 6.55. The third-order valence-corrected chi connectivity index (χ3v) is 2.99. The Balaban J connectivity index is 1.83. The number of carbonyl (C=O) groups is 1. The predicted molar refractivity (Wildman–Crippen MR) is 69.8 cm³/mol. The Morgan fingerprint density at radius 3 is 2.62 bits per heavy atom. The number of ether oxygens (including phenoxy) is 1. The number of halogens is 3. The lowest BCUT2D eigenvalue weighted by Crippen LogP contribution is -2.36. The van der Waals surface area contributed by atoms with E-state index in [2.05, 4.69) is 15.2 Å². The van der Waals surface area contributed by atoms with Crippen LogP contribution < -0.4 is 10.2 Å². The number of alkyl halides is 3. The van der Waals surface area contributed by atoms with E-state index in [4.69, 9.17) is 4.74 Å². The maximum Gasteiger partial charge on any atom is 0.397 e. The number of nitrogens with one attached hydrogen (secondary N) is 1. The lowest BCUT2D eigenvalue weighted by molar-refractivity contribution is -0.153. The molecule has 0 radical (unpaired) electrons. The van der Waals surface area contributed by atoms with Gasteiger partial charge in [-0.3, -0.25) is 4.79 Å². The van der Waals surface area contributed by atoms with Crippen molar-refractivity contribution in [1.29, 1.82) is 0 Å². The molecule has 21 heavy (non-hydrogen) atoms. The third kappa shape index (κ3) is 5.22. The molecule has 2 rings (SSSR count). The molecule has 0 bridgehead atoms. The fraction of sp³-hybridized carbons (Fsp3) is 0.538. The standard InChI is InChI=1S/C13H16F3N3O2/c14-13(15,16)7-12(20)18-9-10-1-2-11(17-8-10)19-3-5-21-6-4-19/h1-2,8H,3-7,9H2,(H,18,20). The van der Waals surface area contributed by atoms with Gasteiger partial charge in [0.05, 0.1) is 13.2 Å². The number of hydrogen-bond donors (Lipinski definition) is 1. The van der Waals surface area contributed by atoms with Crippen LogP contribution in [0, 0.1) is 0 Å². The molecule has 1 aromatic rings. The van der Waals surface area contributed by atoms with Crippen molar-refractivity contribution in [3.63, 3.8) is 0 Å². The molecule has 8 heteroatoms. The molecule has 1 aliphatic rings. The van der Waals surface area contributed by atoms with Crippen LogP contribution >= 0.6 is 0 Å². The van der Waals surface area contributed by atoms with Crippen molar-refractivity contribution in [1.82, 2.24) is 10.3 Å². The van der Waals surface area contributed by atoms with Crippen LogP contribution in [0.25, 0.3) is 0 Å². The number of carbonyl (C=O) groups excluding carboxylic acids is 1. The second kappa shape index (κ2) is 6.75. The van der Waals surface area contributed by atoms with Gasteiger partial charge in [-0.15, -0.1) is 0 Å². The number of anilines is 1. The third-order valence-electron chi connectivity index (χ3n) is 2.99. The molecule has 0 aliphatic carbocycles. The van der Waals surface area contributed by atoms with E-state index in [1.165, 1.54) is 0 Å². The highest BCUT2D eigenvalue weighted by Crippen LogP contribution is 2.19. The highest BCUT2D eigenvalue weighted by Gasteiger charge is 2.30. The van der Waals surface area contributed by atoms with Gasteiger partial charge in [-0.2, -0.15) is 13.2 Å². The predicted octanol–water partition coefficient (Wildman–Crippen LogP) is 1.49. The van der Waals surface area contributed by atoms with Crippen molar-refractivity contribution >= 4 is 11.7 Å². The quantitative estimate of drug-likeness (QED) is 0.915. The Morgan fingerprint density at radius 1 is 1.33 bits per heavy atom. The van der Waals surface area contributed by atoms with Crippen molar-refractivity contribution in [2.24, 2.45) is 0 Å². The Kier molecular flexibility index (Phi) is 5.00. The Morgan fingerprint density at radius 2 is 2.05 bits per heavy atom. The van der Waals surface area contributed by atoms with E-state index >= 15 is 0 Å². The van der Waals surface area contributed by atoms with Crippen LogP contribution in [0.2, 0.25) is 0 Å². The van der Waals surface area contributed by atoms with Crippen LogP contribution in [0.3, 0.4) is 0 Å². The zero-order valence-corrected chi connectivity index (χ0v) is 11.3. The monoisotopic (exact) mass is 303 g/mol. The first-order chi connectivity index (χ1) is 9.94. The number of morpholine rings is 1. The average Bonchev–Trinajstić information content (AvgIpc) is 2.45. The molecule has 1 amide bonds. The molecule has 0 aromatic carbocycles. The molecule has 0 saturated carbocycles. The summed E-state index contributed by atoms with van der Waals surface area (Å²) in [7, 11) is 0. The molecule has 0 unspecified atom stereocenters. The fourth-order valence-electron chi connectivity index (χ4n) is 1.95. The van der Waals surface area contributed by atoms with Crippen molar-refractivity contribution in [2.45, 2.75) is 19.1 Å². The van der Waals surface area contributed by atoms with Gasteiger partial charge in [0.1, 0.15) is 12.2 Å². The molecule has 1 aliphatic heterocycles. The fourth-order valence-corrected chi connectivity index (χ4v) is 1.95. The van der Waals surface area contributed by atoms with Gasteiger partial charge in [0.2, 0.25) is 5.91 Å². The van der Waals surface area contributed by atoms with Crippen LogP contribution in [0.4, 0.5) is 19.0 Å². The number of rotatable bonds is 4. The summed E-state index contributed by atoms with van der Waals surface area (Å²) in [6.07, 6.45) is -4.40. The Hall–Kier alpha value is -1.83. The molecule has 0 atom stereocenters. The Labute approximate surface area is 120 Å². The molecule has 5 nitrogen and oxygen atoms in total. The van der Waals surface area contributed by atoms with Gasteiger partial charge in [-0.1, -0.05) is 6.07 Å². The van der Waals surface area contributed by atoms with E-state index in [0.29, 0.717) is 18.8 Å².